The summed E-state index contributed by atoms with van der Waals surface area (Å²) < 4.78 is 0.678. The van der Waals surface area contributed by atoms with Crippen LogP contribution in [0.1, 0.15) is 20.8 Å². The lowest BCUT2D eigenvalue weighted by Gasteiger charge is -2.30. The van der Waals surface area contributed by atoms with Crippen molar-refractivity contribution in [1.29, 1.82) is 0 Å². The molecule has 0 aliphatic carbocycles. The molecule has 0 saturated heterocycles. The summed E-state index contributed by atoms with van der Waals surface area (Å²) in [7, 11) is 2.15. The molecule has 1 nitrogen and oxygen atoms in total. The molecular formula is C13H18N+. The maximum absolute atomic E-state index is 3.26. The molecule has 74 valence electrons. The first kappa shape index (κ1) is 10.8. The monoisotopic (exact) mass is 188 g/mol. The minimum atomic E-state index is 0.463. The first-order valence-corrected chi connectivity index (χ1v) is 4.97. The zero-order valence-electron chi connectivity index (χ0n) is 9.41. The molecule has 0 saturated carbocycles. The first-order valence-electron chi connectivity index (χ1n) is 4.97. The molecule has 0 aliphatic rings. The van der Waals surface area contributed by atoms with Gasteiger partial charge in [-0.2, -0.15) is 0 Å². The largest absolute Gasteiger partial charge is 0.215 e. The van der Waals surface area contributed by atoms with Gasteiger partial charge >= 0.3 is 0 Å². The minimum absolute atomic E-state index is 0.463. The number of hydrogen-bond acceptors (Lipinski definition) is 0. The molecule has 14 heavy (non-hydrogen) atoms. The Hall–Kier alpha value is -1.26. The van der Waals surface area contributed by atoms with Gasteiger partial charge in [0.1, 0.15) is 11.7 Å². The van der Waals surface area contributed by atoms with E-state index >= 15 is 0 Å². The van der Waals surface area contributed by atoms with Gasteiger partial charge in [0.15, 0.2) is 0 Å². The highest BCUT2D eigenvalue weighted by atomic mass is 15.3. The minimum Gasteiger partial charge on any atom is -0.215 e. The zero-order valence-corrected chi connectivity index (χ0v) is 9.41. The predicted molar refractivity (Wildman–Crippen MR) is 62.7 cm³/mol. The van der Waals surface area contributed by atoms with Gasteiger partial charge < -0.3 is 0 Å². The molecule has 1 heteroatoms. The molecule has 0 aliphatic heterocycles. The van der Waals surface area contributed by atoms with Gasteiger partial charge in [-0.1, -0.05) is 18.2 Å². The SMILES string of the molecule is CC#C[N+](C)(c1ccccc1)C(C)C. The number of benzene rings is 1. The lowest BCUT2D eigenvalue weighted by Crippen LogP contribution is -2.46. The molecule has 1 atom stereocenters. The molecule has 1 unspecified atom stereocenters. The van der Waals surface area contributed by atoms with Crippen LogP contribution in [-0.2, 0) is 0 Å². The van der Waals surface area contributed by atoms with Crippen LogP contribution in [0.5, 0.6) is 0 Å². The molecule has 1 aromatic carbocycles. The average molecular weight is 188 g/mol. The summed E-state index contributed by atoms with van der Waals surface area (Å²) >= 11 is 0. The highest BCUT2D eigenvalue weighted by molar-refractivity contribution is 5.47. The summed E-state index contributed by atoms with van der Waals surface area (Å²) in [6, 6.07) is 14.1. The third kappa shape index (κ3) is 1.97. The van der Waals surface area contributed by atoms with Crippen molar-refractivity contribution in [3.05, 3.63) is 30.3 Å². The Bertz CT molecular complexity index is 342. The molecule has 0 aromatic heterocycles. The fourth-order valence-electron chi connectivity index (χ4n) is 1.46. The maximum atomic E-state index is 3.26. The second-order valence-corrected chi connectivity index (χ2v) is 3.87. The van der Waals surface area contributed by atoms with Gasteiger partial charge in [-0.3, -0.25) is 0 Å². The van der Waals surface area contributed by atoms with Crippen molar-refractivity contribution in [1.82, 2.24) is 4.48 Å². The third-order valence-corrected chi connectivity index (χ3v) is 2.67. The summed E-state index contributed by atoms with van der Waals surface area (Å²) in [5.41, 5.74) is 1.25. The van der Waals surface area contributed by atoms with E-state index in [-0.39, 0.29) is 0 Å². The van der Waals surface area contributed by atoms with Gasteiger partial charge in [-0.25, -0.2) is 4.48 Å². The van der Waals surface area contributed by atoms with Crippen molar-refractivity contribution < 1.29 is 0 Å². The Morgan fingerprint density at radius 1 is 1.14 bits per heavy atom. The maximum Gasteiger partial charge on any atom is 0.145 e. The summed E-state index contributed by atoms with van der Waals surface area (Å²) in [5, 5.41) is 0. The molecular weight excluding hydrogens is 170 g/mol. The Morgan fingerprint density at radius 2 is 1.71 bits per heavy atom. The molecule has 1 rings (SSSR count). The molecule has 0 radical (unpaired) electrons. The van der Waals surface area contributed by atoms with E-state index < -0.39 is 0 Å². The molecule has 1 aromatic rings. The van der Waals surface area contributed by atoms with Gasteiger partial charge in [0.2, 0.25) is 0 Å². The number of nitrogens with zero attached hydrogens (tertiary/aromatic N) is 1. The van der Waals surface area contributed by atoms with Crippen LogP contribution in [0.2, 0.25) is 0 Å². The van der Waals surface area contributed by atoms with E-state index in [9.17, 15) is 0 Å². The van der Waals surface area contributed by atoms with Crippen LogP contribution in [0.25, 0.3) is 0 Å². The van der Waals surface area contributed by atoms with E-state index in [1.807, 2.05) is 13.0 Å². The fraction of sp³-hybridized carbons (Fsp3) is 0.385. The van der Waals surface area contributed by atoms with E-state index in [1.54, 1.807) is 0 Å². The Balaban J connectivity index is 3.17. The number of quaternary nitrogens is 1. The third-order valence-electron chi connectivity index (χ3n) is 2.67. The standard InChI is InChI=1S/C13H18N/c1-5-11-14(4,12(2)3)13-9-7-6-8-10-13/h6-10,12H,1-4H3/q+1. The summed E-state index contributed by atoms with van der Waals surface area (Å²) in [6.45, 7) is 6.27. The topological polar surface area (TPSA) is 0 Å². The molecule has 0 bridgehead atoms. The van der Waals surface area contributed by atoms with Gasteiger partial charge in [0.05, 0.1) is 13.1 Å². The number of hydrogen-bond donors (Lipinski definition) is 0. The average Bonchev–Trinajstić information content (AvgIpc) is 2.19. The Labute approximate surface area is 87.0 Å². The van der Waals surface area contributed by atoms with Crippen LogP contribution in [0, 0.1) is 12.0 Å². The first-order chi connectivity index (χ1) is 6.61. The second kappa shape index (κ2) is 4.30. The second-order valence-electron chi connectivity index (χ2n) is 3.87. The number of rotatable bonds is 2. The van der Waals surface area contributed by atoms with Crippen molar-refractivity contribution in [3.63, 3.8) is 0 Å². The lowest BCUT2D eigenvalue weighted by molar-refractivity contribution is 0.388. The van der Waals surface area contributed by atoms with Crippen molar-refractivity contribution in [3.8, 4) is 12.0 Å². The van der Waals surface area contributed by atoms with Gasteiger partial charge in [0, 0.05) is 19.1 Å². The van der Waals surface area contributed by atoms with E-state index in [0.717, 1.165) is 0 Å². The van der Waals surface area contributed by atoms with Crippen LogP contribution in [0.15, 0.2) is 30.3 Å². The van der Waals surface area contributed by atoms with E-state index in [4.69, 9.17) is 0 Å². The van der Waals surface area contributed by atoms with Crippen molar-refractivity contribution >= 4 is 5.69 Å². The summed E-state index contributed by atoms with van der Waals surface area (Å²) in [6.07, 6.45) is 0. The molecule has 0 spiro atoms. The predicted octanol–water partition coefficient (Wildman–Crippen LogP) is 3.01. The van der Waals surface area contributed by atoms with E-state index in [0.29, 0.717) is 10.5 Å². The Morgan fingerprint density at radius 3 is 2.14 bits per heavy atom. The van der Waals surface area contributed by atoms with Crippen LogP contribution in [0.4, 0.5) is 5.69 Å². The van der Waals surface area contributed by atoms with Gasteiger partial charge in [0.25, 0.3) is 0 Å². The lowest BCUT2D eigenvalue weighted by atomic mass is 10.2. The smallest absolute Gasteiger partial charge is 0.145 e. The van der Waals surface area contributed by atoms with Crippen molar-refractivity contribution in [2.45, 2.75) is 26.8 Å². The van der Waals surface area contributed by atoms with E-state index in [2.05, 4.69) is 57.1 Å². The van der Waals surface area contributed by atoms with Crippen molar-refractivity contribution in [2.75, 3.05) is 7.05 Å². The van der Waals surface area contributed by atoms with Crippen molar-refractivity contribution in [2.24, 2.45) is 0 Å². The van der Waals surface area contributed by atoms with Gasteiger partial charge in [-0.05, 0) is 19.8 Å². The summed E-state index contributed by atoms with van der Waals surface area (Å²) in [4.78, 5) is 0. The Kier molecular flexibility index (Phi) is 3.33. The molecule has 0 heterocycles. The highest BCUT2D eigenvalue weighted by Gasteiger charge is 2.26. The molecule has 0 N–H and O–H groups in total. The molecule has 0 fully saturated rings. The van der Waals surface area contributed by atoms with Crippen LogP contribution >= 0.6 is 0 Å². The van der Waals surface area contributed by atoms with Crippen LogP contribution < -0.4 is 4.48 Å². The quantitative estimate of drug-likeness (QED) is 0.494. The normalized spacial score (nSPS) is 14.4. The highest BCUT2D eigenvalue weighted by Crippen LogP contribution is 2.22. The fourth-order valence-corrected chi connectivity index (χ4v) is 1.46. The van der Waals surface area contributed by atoms with Gasteiger partial charge in [-0.15, -0.1) is 0 Å². The molecule has 0 amide bonds. The van der Waals surface area contributed by atoms with E-state index in [1.165, 1.54) is 5.69 Å². The van der Waals surface area contributed by atoms with Crippen LogP contribution in [0.3, 0.4) is 0 Å². The summed E-state index contributed by atoms with van der Waals surface area (Å²) in [5.74, 6) is 3.01. The van der Waals surface area contributed by atoms with Crippen LogP contribution in [-0.4, -0.2) is 13.1 Å². The zero-order chi connectivity index (χ0) is 10.6. The number of para-hydroxylation sites is 1.